The maximum atomic E-state index is 3.95. The minimum Gasteiger partial charge on any atom is -0.103 e. The van der Waals surface area contributed by atoms with Crippen LogP contribution in [0, 0.1) is 11.3 Å². The Labute approximate surface area is 125 Å². The van der Waals surface area contributed by atoms with Gasteiger partial charge in [0.15, 0.2) is 0 Å². The molecule has 0 aromatic rings. The summed E-state index contributed by atoms with van der Waals surface area (Å²) in [5, 5.41) is 0. The summed E-state index contributed by atoms with van der Waals surface area (Å²) in [6.07, 6.45) is 10.6. The number of hydrogen-bond acceptors (Lipinski definition) is 0. The van der Waals surface area contributed by atoms with Crippen LogP contribution in [0.3, 0.4) is 0 Å². The van der Waals surface area contributed by atoms with Crippen LogP contribution in [0.4, 0.5) is 0 Å². The third-order valence-electron chi connectivity index (χ3n) is 4.42. The standard InChI is InChI=1S/C17H23I/c1-5-6-13-14-8-7-12(2)11-16(14)17(3,4)15(13)9-10-18/h5,9,11,13H,1,6-8,10H2,2-4H3/b15-9+. The highest BCUT2D eigenvalue weighted by molar-refractivity contribution is 14.1. The second-order valence-corrected chi connectivity index (χ2v) is 6.83. The van der Waals surface area contributed by atoms with Gasteiger partial charge in [0.05, 0.1) is 0 Å². The first-order valence-corrected chi connectivity index (χ1v) is 8.33. The molecule has 2 rings (SSSR count). The molecule has 0 aromatic heterocycles. The van der Waals surface area contributed by atoms with Gasteiger partial charge in [-0.2, -0.15) is 0 Å². The molecule has 0 N–H and O–H groups in total. The van der Waals surface area contributed by atoms with E-state index in [1.807, 2.05) is 0 Å². The molecule has 0 fully saturated rings. The molecule has 2 aliphatic carbocycles. The van der Waals surface area contributed by atoms with E-state index < -0.39 is 0 Å². The third-order valence-corrected chi connectivity index (χ3v) is 4.86. The third kappa shape index (κ3) is 2.26. The van der Waals surface area contributed by atoms with Gasteiger partial charge in [0, 0.05) is 15.8 Å². The van der Waals surface area contributed by atoms with Gasteiger partial charge in [-0.1, -0.05) is 71.4 Å². The van der Waals surface area contributed by atoms with Crippen LogP contribution in [-0.4, -0.2) is 4.43 Å². The average Bonchev–Trinajstić information content (AvgIpc) is 2.52. The Morgan fingerprint density at radius 1 is 1.44 bits per heavy atom. The normalized spacial score (nSPS) is 28.3. The van der Waals surface area contributed by atoms with Crippen molar-refractivity contribution in [3.63, 3.8) is 0 Å². The highest BCUT2D eigenvalue weighted by Gasteiger charge is 2.42. The van der Waals surface area contributed by atoms with Gasteiger partial charge < -0.3 is 0 Å². The molecule has 0 aliphatic heterocycles. The van der Waals surface area contributed by atoms with Crippen molar-refractivity contribution in [1.29, 1.82) is 0 Å². The first-order valence-electron chi connectivity index (χ1n) is 6.80. The van der Waals surface area contributed by atoms with Crippen molar-refractivity contribution in [3.8, 4) is 0 Å². The van der Waals surface area contributed by atoms with Crippen molar-refractivity contribution in [3.05, 3.63) is 47.1 Å². The van der Waals surface area contributed by atoms with Crippen molar-refractivity contribution in [2.75, 3.05) is 4.43 Å². The zero-order valence-electron chi connectivity index (χ0n) is 11.7. The van der Waals surface area contributed by atoms with E-state index in [0.717, 1.165) is 10.8 Å². The van der Waals surface area contributed by atoms with E-state index in [9.17, 15) is 0 Å². The van der Waals surface area contributed by atoms with Crippen LogP contribution >= 0.6 is 22.6 Å². The highest BCUT2D eigenvalue weighted by Crippen LogP contribution is 2.55. The molecule has 0 saturated carbocycles. The molecule has 2 aliphatic rings. The zero-order chi connectivity index (χ0) is 13.3. The van der Waals surface area contributed by atoms with Gasteiger partial charge in [0.1, 0.15) is 0 Å². The second-order valence-electron chi connectivity index (χ2n) is 5.95. The monoisotopic (exact) mass is 354 g/mol. The van der Waals surface area contributed by atoms with E-state index >= 15 is 0 Å². The molecule has 0 nitrogen and oxygen atoms in total. The summed E-state index contributed by atoms with van der Waals surface area (Å²) in [5.74, 6) is 0.617. The lowest BCUT2D eigenvalue weighted by atomic mass is 9.78. The summed E-state index contributed by atoms with van der Waals surface area (Å²) in [6, 6.07) is 0. The first-order chi connectivity index (χ1) is 8.52. The zero-order valence-corrected chi connectivity index (χ0v) is 13.9. The van der Waals surface area contributed by atoms with Gasteiger partial charge in [-0.25, -0.2) is 0 Å². The number of hydrogen-bond donors (Lipinski definition) is 0. The van der Waals surface area contributed by atoms with Crippen molar-refractivity contribution >= 4 is 22.6 Å². The Bertz CT molecular complexity index is 446. The topological polar surface area (TPSA) is 0 Å². The summed E-state index contributed by atoms with van der Waals surface area (Å²) in [6.45, 7) is 11.0. The van der Waals surface area contributed by atoms with Crippen molar-refractivity contribution in [2.24, 2.45) is 11.3 Å². The Hall–Kier alpha value is -0.310. The van der Waals surface area contributed by atoms with E-state index in [4.69, 9.17) is 0 Å². The fraction of sp³-hybridized carbons (Fsp3) is 0.529. The maximum Gasteiger partial charge on any atom is 0.0179 e. The van der Waals surface area contributed by atoms with Gasteiger partial charge in [0.25, 0.3) is 0 Å². The summed E-state index contributed by atoms with van der Waals surface area (Å²) in [4.78, 5) is 0. The molecule has 0 aromatic carbocycles. The number of rotatable bonds is 3. The molecule has 1 unspecified atom stereocenters. The summed E-state index contributed by atoms with van der Waals surface area (Å²) >= 11 is 2.45. The first kappa shape index (κ1) is 14.1. The highest BCUT2D eigenvalue weighted by atomic mass is 127. The van der Waals surface area contributed by atoms with E-state index in [1.54, 1.807) is 16.7 Å². The maximum absolute atomic E-state index is 3.95. The van der Waals surface area contributed by atoms with Crippen molar-refractivity contribution in [1.82, 2.24) is 0 Å². The van der Waals surface area contributed by atoms with E-state index in [-0.39, 0.29) is 5.41 Å². The van der Waals surface area contributed by atoms with Gasteiger partial charge in [-0.05, 0) is 31.8 Å². The van der Waals surface area contributed by atoms with Gasteiger partial charge in [-0.3, -0.25) is 0 Å². The second kappa shape index (κ2) is 5.36. The Morgan fingerprint density at radius 2 is 2.17 bits per heavy atom. The largest absolute Gasteiger partial charge is 0.103 e. The lowest BCUT2D eigenvalue weighted by Gasteiger charge is -2.26. The molecular weight excluding hydrogens is 331 g/mol. The van der Waals surface area contributed by atoms with Crippen LogP contribution in [0.15, 0.2) is 47.1 Å². The van der Waals surface area contributed by atoms with E-state index in [0.29, 0.717) is 5.92 Å². The summed E-state index contributed by atoms with van der Waals surface area (Å²) < 4.78 is 1.10. The van der Waals surface area contributed by atoms with Crippen LogP contribution in [-0.2, 0) is 0 Å². The molecule has 18 heavy (non-hydrogen) atoms. The van der Waals surface area contributed by atoms with Crippen LogP contribution in [0.2, 0.25) is 0 Å². The predicted molar refractivity (Wildman–Crippen MR) is 89.1 cm³/mol. The Balaban J connectivity index is 2.51. The quantitative estimate of drug-likeness (QED) is 0.351. The summed E-state index contributed by atoms with van der Waals surface area (Å²) in [7, 11) is 0. The molecule has 98 valence electrons. The fourth-order valence-corrected chi connectivity index (χ4v) is 3.99. The lowest BCUT2D eigenvalue weighted by molar-refractivity contribution is 0.530. The SMILES string of the molecule is C=CCC1C2=C(C=C(C)CC2)C(C)(C)/C1=C/CI. The average molecular weight is 354 g/mol. The van der Waals surface area contributed by atoms with Crippen LogP contribution in [0.5, 0.6) is 0 Å². The van der Waals surface area contributed by atoms with Gasteiger partial charge >= 0.3 is 0 Å². The molecule has 0 spiro atoms. The smallest absolute Gasteiger partial charge is 0.0179 e. The van der Waals surface area contributed by atoms with Crippen molar-refractivity contribution < 1.29 is 0 Å². The lowest BCUT2D eigenvalue weighted by Crippen LogP contribution is -2.15. The molecule has 0 amide bonds. The van der Waals surface area contributed by atoms with Gasteiger partial charge in [0.2, 0.25) is 0 Å². The Morgan fingerprint density at radius 3 is 2.78 bits per heavy atom. The van der Waals surface area contributed by atoms with E-state index in [1.165, 1.54) is 18.4 Å². The molecule has 0 bridgehead atoms. The molecule has 1 heteroatoms. The number of allylic oxidation sites excluding steroid dienone is 7. The van der Waals surface area contributed by atoms with E-state index in [2.05, 4.69) is 68.2 Å². The fourth-order valence-electron chi connectivity index (χ4n) is 3.52. The molecule has 0 saturated heterocycles. The molecule has 1 atom stereocenters. The predicted octanol–water partition coefficient (Wildman–Crippen LogP) is 5.62. The number of halogens is 1. The van der Waals surface area contributed by atoms with Crippen LogP contribution in [0.25, 0.3) is 0 Å². The summed E-state index contributed by atoms with van der Waals surface area (Å²) in [5.41, 5.74) is 6.65. The van der Waals surface area contributed by atoms with Gasteiger partial charge in [-0.15, -0.1) is 6.58 Å². The number of alkyl halides is 1. The molecule has 0 heterocycles. The minimum absolute atomic E-state index is 0.218. The molecular formula is C17H23I. The van der Waals surface area contributed by atoms with Crippen LogP contribution in [0.1, 0.15) is 40.0 Å². The van der Waals surface area contributed by atoms with Crippen molar-refractivity contribution in [2.45, 2.75) is 40.0 Å². The minimum atomic E-state index is 0.218. The molecule has 0 radical (unpaired) electrons. The Kier molecular flexibility index (Phi) is 4.20. The van der Waals surface area contributed by atoms with Crippen LogP contribution < -0.4 is 0 Å².